The number of carbonyl (C=O) groups excluding carboxylic acids is 1. The number of hydrazine groups is 1. The Morgan fingerprint density at radius 2 is 1.80 bits per heavy atom. The summed E-state index contributed by atoms with van der Waals surface area (Å²) in [6.07, 6.45) is 7.22. The van der Waals surface area contributed by atoms with Gasteiger partial charge >= 0.3 is 0 Å². The zero-order chi connectivity index (χ0) is 21.3. The molecule has 0 unspecified atom stereocenters. The van der Waals surface area contributed by atoms with Crippen LogP contribution in [0.1, 0.15) is 50.4 Å². The number of hydrogen-bond donors (Lipinski definition) is 1. The molecule has 2 aromatic heterocycles. The van der Waals surface area contributed by atoms with E-state index in [0.29, 0.717) is 5.56 Å². The molecule has 4 rings (SSSR count). The lowest BCUT2D eigenvalue weighted by atomic mass is 10.1. The summed E-state index contributed by atoms with van der Waals surface area (Å²) in [6, 6.07) is 11.7. The Hall–Kier alpha value is -2.86. The van der Waals surface area contributed by atoms with Crippen LogP contribution in [0.15, 0.2) is 48.8 Å². The number of anilines is 2. The minimum absolute atomic E-state index is 0.0568. The zero-order valence-corrected chi connectivity index (χ0v) is 18.4. The van der Waals surface area contributed by atoms with E-state index in [0.717, 1.165) is 35.5 Å². The van der Waals surface area contributed by atoms with Gasteiger partial charge in [0.25, 0.3) is 5.91 Å². The Kier molecular flexibility index (Phi) is 5.52. The molecule has 30 heavy (non-hydrogen) atoms. The molecular weight excluding hydrogens is 374 g/mol. The molecule has 6 heteroatoms. The number of fused-ring (bicyclic) bond motifs is 1. The molecule has 0 aliphatic carbocycles. The Balaban J connectivity index is 1.79. The highest BCUT2D eigenvalue weighted by molar-refractivity contribution is 6.07. The minimum Gasteiger partial charge on any atom is -0.377 e. The lowest BCUT2D eigenvalue weighted by molar-refractivity contribution is 0.0965. The average molecular weight is 406 g/mol. The molecule has 1 aliphatic rings. The predicted molar refractivity (Wildman–Crippen MR) is 123 cm³/mol. The van der Waals surface area contributed by atoms with Crippen LogP contribution in [-0.2, 0) is 0 Å². The first kappa shape index (κ1) is 20.4. The maximum absolute atomic E-state index is 13.6. The van der Waals surface area contributed by atoms with E-state index in [4.69, 9.17) is 0 Å². The summed E-state index contributed by atoms with van der Waals surface area (Å²) in [4.78, 5) is 18.3. The van der Waals surface area contributed by atoms with Gasteiger partial charge in [-0.05, 0) is 51.8 Å². The summed E-state index contributed by atoms with van der Waals surface area (Å²) in [7, 11) is 2.04. The largest absolute Gasteiger partial charge is 0.377 e. The van der Waals surface area contributed by atoms with Crippen LogP contribution in [0, 0.1) is 0 Å². The first-order valence-electron chi connectivity index (χ1n) is 10.7. The second kappa shape index (κ2) is 8.11. The summed E-state index contributed by atoms with van der Waals surface area (Å²) in [6.45, 7) is 8.32. The van der Waals surface area contributed by atoms with Crippen molar-refractivity contribution in [2.24, 2.45) is 0 Å². The van der Waals surface area contributed by atoms with Crippen LogP contribution < -0.4 is 10.3 Å². The summed E-state index contributed by atoms with van der Waals surface area (Å²) in [5.74, 6) is 0.729. The molecule has 3 heterocycles. The zero-order valence-electron chi connectivity index (χ0n) is 18.4. The average Bonchev–Trinajstić information content (AvgIpc) is 3.17. The molecule has 1 aliphatic heterocycles. The Bertz CT molecular complexity index is 1040. The van der Waals surface area contributed by atoms with Gasteiger partial charge in [-0.3, -0.25) is 14.4 Å². The molecule has 6 nitrogen and oxygen atoms in total. The molecule has 1 fully saturated rings. The molecule has 1 N–H and O–H groups in total. The molecule has 1 aromatic carbocycles. The Labute approximate surface area is 178 Å². The van der Waals surface area contributed by atoms with E-state index in [1.165, 1.54) is 19.3 Å². The summed E-state index contributed by atoms with van der Waals surface area (Å²) < 4.78 is 1.73. The van der Waals surface area contributed by atoms with Crippen LogP contribution >= 0.6 is 0 Å². The van der Waals surface area contributed by atoms with Gasteiger partial charge in [-0.25, -0.2) is 9.99 Å². The van der Waals surface area contributed by atoms with Crippen molar-refractivity contribution in [3.63, 3.8) is 0 Å². The number of hydrogen-bond acceptors (Lipinski definition) is 5. The molecular formula is C24H31N5O. The van der Waals surface area contributed by atoms with E-state index in [1.807, 2.05) is 49.6 Å². The SMILES string of the molecule is CN(c1nccc(C(=O)n2ccc3ccccc32)c1NC(C)(C)C)N1CCCCC1. The van der Waals surface area contributed by atoms with Crippen molar-refractivity contribution >= 4 is 28.3 Å². The van der Waals surface area contributed by atoms with Crippen LogP contribution in [0.2, 0.25) is 0 Å². The van der Waals surface area contributed by atoms with Crippen LogP contribution in [0.5, 0.6) is 0 Å². The number of benzene rings is 1. The third-order valence-electron chi connectivity index (χ3n) is 5.54. The molecule has 0 spiro atoms. The molecule has 0 atom stereocenters. The fourth-order valence-corrected chi connectivity index (χ4v) is 4.07. The fourth-order valence-electron chi connectivity index (χ4n) is 4.07. The predicted octanol–water partition coefficient (Wildman–Crippen LogP) is 4.77. The van der Waals surface area contributed by atoms with Gasteiger partial charge in [-0.15, -0.1) is 0 Å². The maximum Gasteiger partial charge on any atom is 0.264 e. The number of piperidine rings is 1. The van der Waals surface area contributed by atoms with Gasteiger partial charge in [-0.1, -0.05) is 24.6 Å². The van der Waals surface area contributed by atoms with Gasteiger partial charge in [0.15, 0.2) is 5.82 Å². The van der Waals surface area contributed by atoms with Crippen molar-refractivity contribution in [3.8, 4) is 0 Å². The molecule has 0 bridgehead atoms. The topological polar surface area (TPSA) is 53.4 Å². The third kappa shape index (κ3) is 4.05. The van der Waals surface area contributed by atoms with Gasteiger partial charge in [-0.2, -0.15) is 0 Å². The van der Waals surface area contributed by atoms with E-state index >= 15 is 0 Å². The van der Waals surface area contributed by atoms with Crippen molar-refractivity contribution in [1.29, 1.82) is 0 Å². The lowest BCUT2D eigenvalue weighted by Gasteiger charge is -2.37. The molecule has 158 valence electrons. The highest BCUT2D eigenvalue weighted by atomic mass is 16.2. The molecule has 0 radical (unpaired) electrons. The van der Waals surface area contributed by atoms with Crippen LogP contribution in [0.25, 0.3) is 10.9 Å². The van der Waals surface area contributed by atoms with Crippen LogP contribution in [0.4, 0.5) is 11.5 Å². The van der Waals surface area contributed by atoms with Gasteiger partial charge < -0.3 is 5.32 Å². The second-order valence-corrected chi connectivity index (χ2v) is 9.02. The van der Waals surface area contributed by atoms with Gasteiger partial charge in [0.05, 0.1) is 16.8 Å². The van der Waals surface area contributed by atoms with Crippen molar-refractivity contribution in [1.82, 2.24) is 14.6 Å². The van der Waals surface area contributed by atoms with E-state index in [9.17, 15) is 4.79 Å². The van der Waals surface area contributed by atoms with Crippen LogP contribution in [0.3, 0.4) is 0 Å². The van der Waals surface area contributed by atoms with Gasteiger partial charge in [0.2, 0.25) is 0 Å². The number of para-hydroxylation sites is 1. The van der Waals surface area contributed by atoms with Crippen molar-refractivity contribution in [2.75, 3.05) is 30.5 Å². The normalized spacial score (nSPS) is 15.3. The maximum atomic E-state index is 13.6. The summed E-state index contributed by atoms with van der Waals surface area (Å²) in [5, 5.41) is 9.04. The van der Waals surface area contributed by atoms with E-state index in [1.54, 1.807) is 10.8 Å². The summed E-state index contributed by atoms with van der Waals surface area (Å²) >= 11 is 0. The van der Waals surface area contributed by atoms with Crippen molar-refractivity contribution < 1.29 is 4.79 Å². The molecule has 0 amide bonds. The lowest BCUT2D eigenvalue weighted by Crippen LogP contribution is -2.44. The standard InChI is InChI=1S/C24H31N5O/c1-24(2,3)26-21-19(23(30)29-17-13-18-10-6-7-11-20(18)29)12-14-25-22(21)27(4)28-15-8-5-9-16-28/h6-7,10-14,17,26H,5,8-9,15-16H2,1-4H3. The van der Waals surface area contributed by atoms with Gasteiger partial charge in [0.1, 0.15) is 0 Å². The molecule has 1 saturated heterocycles. The highest BCUT2D eigenvalue weighted by Gasteiger charge is 2.26. The van der Waals surface area contributed by atoms with E-state index in [2.05, 4.69) is 41.1 Å². The third-order valence-corrected chi connectivity index (χ3v) is 5.54. The summed E-state index contributed by atoms with van der Waals surface area (Å²) in [5.41, 5.74) is 2.10. The van der Waals surface area contributed by atoms with Crippen molar-refractivity contribution in [3.05, 3.63) is 54.4 Å². The monoisotopic (exact) mass is 405 g/mol. The number of nitrogens with one attached hydrogen (secondary N) is 1. The van der Waals surface area contributed by atoms with E-state index in [-0.39, 0.29) is 11.4 Å². The number of aromatic nitrogens is 2. The number of nitrogens with zero attached hydrogens (tertiary/aromatic N) is 4. The van der Waals surface area contributed by atoms with Gasteiger partial charge in [0, 0.05) is 43.5 Å². The Morgan fingerprint density at radius 1 is 1.07 bits per heavy atom. The fraction of sp³-hybridized carbons (Fsp3) is 0.417. The molecule has 3 aromatic rings. The number of carbonyl (C=O) groups is 1. The highest BCUT2D eigenvalue weighted by Crippen LogP contribution is 2.32. The second-order valence-electron chi connectivity index (χ2n) is 9.02. The smallest absolute Gasteiger partial charge is 0.264 e. The molecule has 0 saturated carbocycles. The Morgan fingerprint density at radius 3 is 2.53 bits per heavy atom. The minimum atomic E-state index is -0.214. The number of rotatable bonds is 4. The first-order chi connectivity index (χ1) is 14.3. The van der Waals surface area contributed by atoms with E-state index < -0.39 is 0 Å². The van der Waals surface area contributed by atoms with Crippen LogP contribution in [-0.4, -0.2) is 46.1 Å². The quantitative estimate of drug-likeness (QED) is 0.677. The van der Waals surface area contributed by atoms with Crippen molar-refractivity contribution in [2.45, 2.75) is 45.6 Å². The number of pyridine rings is 1. The first-order valence-corrected chi connectivity index (χ1v) is 10.7.